The van der Waals surface area contributed by atoms with Crippen LogP contribution < -0.4 is 20.7 Å². The fourth-order valence-corrected chi connectivity index (χ4v) is 14.6. The Labute approximate surface area is 417 Å². The van der Waals surface area contributed by atoms with Crippen molar-refractivity contribution >= 4 is 54.8 Å². The Balaban J connectivity index is 1.05. The van der Waals surface area contributed by atoms with Crippen LogP contribution in [0.3, 0.4) is 0 Å². The number of hydrogen-bond acceptors (Lipinski definition) is 9. The lowest BCUT2D eigenvalue weighted by Gasteiger charge is -2.44. The summed E-state index contributed by atoms with van der Waals surface area (Å²) < 4.78 is 49.3. The van der Waals surface area contributed by atoms with Gasteiger partial charge in [-0.2, -0.15) is 9.61 Å². The Morgan fingerprint density at radius 1 is 0.900 bits per heavy atom. The van der Waals surface area contributed by atoms with Crippen molar-refractivity contribution in [3.63, 3.8) is 0 Å². The van der Waals surface area contributed by atoms with Gasteiger partial charge < -0.3 is 33.2 Å². The van der Waals surface area contributed by atoms with Gasteiger partial charge in [-0.25, -0.2) is 14.2 Å². The van der Waals surface area contributed by atoms with Crippen molar-refractivity contribution in [2.45, 2.75) is 168 Å². The number of carbonyl (C=O) groups is 1. The van der Waals surface area contributed by atoms with Crippen LogP contribution in [0.25, 0.3) is 11.7 Å². The number of rotatable bonds is 18. The first kappa shape index (κ1) is 53.1. The van der Waals surface area contributed by atoms with E-state index in [9.17, 15) is 14.3 Å². The van der Waals surface area contributed by atoms with E-state index >= 15 is 0 Å². The van der Waals surface area contributed by atoms with Crippen LogP contribution in [0.2, 0.25) is 5.04 Å². The van der Waals surface area contributed by atoms with Crippen LogP contribution in [0, 0.1) is 12.7 Å². The number of halogens is 1. The van der Waals surface area contributed by atoms with Crippen molar-refractivity contribution < 1.29 is 37.5 Å². The topological polar surface area (TPSA) is 117 Å². The van der Waals surface area contributed by atoms with E-state index < -0.39 is 44.3 Å². The molecule has 2 aliphatic heterocycles. The van der Waals surface area contributed by atoms with Gasteiger partial charge in [-0.15, -0.1) is 0 Å². The third-order valence-electron chi connectivity index (χ3n) is 14.4. The minimum absolute atomic E-state index is 0.0605. The third kappa shape index (κ3) is 11.6. The van der Waals surface area contributed by atoms with Gasteiger partial charge >= 0.3 is 13.1 Å². The Morgan fingerprint density at radius 3 is 2.06 bits per heavy atom. The van der Waals surface area contributed by atoms with E-state index in [1.165, 1.54) is 22.5 Å². The molecule has 2 atom stereocenters. The number of unbranched alkanes of at least 4 members (excludes halogenated alkanes) is 1. The zero-order chi connectivity index (χ0) is 50.9. The van der Waals surface area contributed by atoms with E-state index in [1.807, 2.05) is 73.6 Å². The van der Waals surface area contributed by atoms with Crippen molar-refractivity contribution in [3.05, 3.63) is 119 Å². The number of fused-ring (bicyclic) bond motifs is 1. The standard InChI is InChI=1S/C56H76BFN4O7Si/c1-39(67-70(53(6,7)8,44-26-16-14-17-27-44)45-28-18-15-19-29-45)23-20-21-36-65-56(13)32-34-61(35-33-56)50-48(49(51(63)64)66-52(3,4)5)40(2)59-47-38-43(60-62(47)50)25-22-24-41-30-31-42(58)37-46(41)57-68-54(9,10)55(11,12)69-57/h14-19,22,25-31,37-39,49H,20-21,23-24,32-36H2,1-13H3,(H,63,64)/b25-22-/t39-,49?/m1/s1. The fraction of sp³-hybridized carbons (Fsp3) is 0.518. The van der Waals surface area contributed by atoms with Crippen molar-refractivity contribution in [1.29, 1.82) is 0 Å². The molecule has 0 saturated carbocycles. The normalized spacial score (nSPS) is 18.2. The molecule has 3 aromatic carbocycles. The molecule has 11 nitrogen and oxygen atoms in total. The summed E-state index contributed by atoms with van der Waals surface area (Å²) in [6.45, 7) is 28.5. The average molecular weight is 975 g/mol. The van der Waals surface area contributed by atoms with Crippen LogP contribution in [0.1, 0.15) is 144 Å². The molecule has 70 heavy (non-hydrogen) atoms. The summed E-state index contributed by atoms with van der Waals surface area (Å²) in [6.07, 6.45) is 7.42. The highest BCUT2D eigenvalue weighted by Gasteiger charge is 2.53. The van der Waals surface area contributed by atoms with E-state index in [2.05, 4.69) is 100 Å². The maximum atomic E-state index is 14.6. The lowest BCUT2D eigenvalue weighted by atomic mass is 9.75. The van der Waals surface area contributed by atoms with Gasteiger partial charge in [-0.1, -0.05) is 93.6 Å². The monoisotopic (exact) mass is 975 g/mol. The smallest absolute Gasteiger partial charge is 0.479 e. The number of piperidine rings is 1. The van der Waals surface area contributed by atoms with E-state index in [1.54, 1.807) is 10.6 Å². The molecule has 1 N–H and O–H groups in total. The zero-order valence-electron chi connectivity index (χ0n) is 43.9. The summed E-state index contributed by atoms with van der Waals surface area (Å²) >= 11 is 0. The Hall–Kier alpha value is -4.70. The van der Waals surface area contributed by atoms with Gasteiger partial charge in [0, 0.05) is 37.6 Å². The van der Waals surface area contributed by atoms with Crippen molar-refractivity contribution in [1.82, 2.24) is 14.6 Å². The molecule has 376 valence electrons. The minimum atomic E-state index is -2.65. The SMILES string of the molecule is Cc1nc2cc(/C=C\Cc3ccc(F)cc3B3OC(C)(C)C(C)(C)O3)nn2c(N2CCC(C)(OCCCC[C@@H](C)O[Si](c3ccccc3)(c3ccccc3)C(C)(C)C)CC2)c1C(OC(C)(C)C)C(=O)O. The molecule has 0 bridgehead atoms. The van der Waals surface area contributed by atoms with Crippen LogP contribution in [-0.4, -0.2) is 89.3 Å². The summed E-state index contributed by atoms with van der Waals surface area (Å²) in [7, 11) is -3.36. The van der Waals surface area contributed by atoms with Crippen LogP contribution in [0.4, 0.5) is 10.2 Å². The van der Waals surface area contributed by atoms with Crippen molar-refractivity contribution in [2.75, 3.05) is 24.6 Å². The van der Waals surface area contributed by atoms with Gasteiger partial charge in [0.25, 0.3) is 8.32 Å². The van der Waals surface area contributed by atoms with Crippen LogP contribution in [0.5, 0.6) is 0 Å². The number of aromatic nitrogens is 3. The first-order valence-electron chi connectivity index (χ1n) is 25.1. The highest BCUT2D eigenvalue weighted by atomic mass is 28.4. The maximum absolute atomic E-state index is 14.6. The Kier molecular flexibility index (Phi) is 15.8. The molecule has 7 rings (SSSR count). The molecule has 2 saturated heterocycles. The molecule has 14 heteroatoms. The first-order chi connectivity index (χ1) is 32.8. The largest absolute Gasteiger partial charge is 0.495 e. The number of benzene rings is 3. The average Bonchev–Trinajstić information content (AvgIpc) is 3.79. The third-order valence-corrected chi connectivity index (χ3v) is 19.6. The molecule has 0 spiro atoms. The number of anilines is 1. The number of hydrogen-bond donors (Lipinski definition) is 1. The molecule has 0 amide bonds. The van der Waals surface area contributed by atoms with Crippen molar-refractivity contribution in [2.24, 2.45) is 0 Å². The van der Waals surface area contributed by atoms with Gasteiger partial charge in [0.1, 0.15) is 11.6 Å². The molecule has 0 radical (unpaired) electrons. The second kappa shape index (κ2) is 20.8. The Morgan fingerprint density at radius 2 is 1.50 bits per heavy atom. The van der Waals surface area contributed by atoms with Crippen molar-refractivity contribution in [3.8, 4) is 0 Å². The maximum Gasteiger partial charge on any atom is 0.495 e. The summed E-state index contributed by atoms with van der Waals surface area (Å²) in [5.74, 6) is -0.806. The number of nitrogens with zero attached hydrogens (tertiary/aromatic N) is 4. The van der Waals surface area contributed by atoms with Crippen LogP contribution >= 0.6 is 0 Å². The minimum Gasteiger partial charge on any atom is -0.479 e. The van der Waals surface area contributed by atoms with E-state index in [-0.39, 0.29) is 22.6 Å². The molecular formula is C56H76BFN4O7Si. The highest BCUT2D eigenvalue weighted by molar-refractivity contribution is 6.99. The first-order valence-corrected chi connectivity index (χ1v) is 27.0. The molecule has 2 aromatic heterocycles. The molecular weight excluding hydrogens is 899 g/mol. The molecule has 2 fully saturated rings. The highest BCUT2D eigenvalue weighted by Crippen LogP contribution is 2.40. The Bertz CT molecular complexity index is 2560. The summed E-state index contributed by atoms with van der Waals surface area (Å²) in [5.41, 5.74) is 1.53. The van der Waals surface area contributed by atoms with Crippen LogP contribution in [0.15, 0.2) is 91.0 Å². The number of ether oxygens (including phenoxy) is 2. The summed E-state index contributed by atoms with van der Waals surface area (Å²) in [5, 5.41) is 18.2. The van der Waals surface area contributed by atoms with E-state index in [0.29, 0.717) is 60.0 Å². The molecule has 0 aliphatic carbocycles. The van der Waals surface area contributed by atoms with Gasteiger partial charge in [0.05, 0.1) is 33.7 Å². The lowest BCUT2D eigenvalue weighted by molar-refractivity contribution is -0.160. The van der Waals surface area contributed by atoms with Gasteiger partial charge in [-0.3, -0.25) is 0 Å². The van der Waals surface area contributed by atoms with E-state index in [4.69, 9.17) is 33.3 Å². The quantitative estimate of drug-likeness (QED) is 0.0672. The summed E-state index contributed by atoms with van der Waals surface area (Å²) in [4.78, 5) is 20.2. The second-order valence-corrected chi connectivity index (χ2v) is 26.9. The van der Waals surface area contributed by atoms with E-state index in [0.717, 1.165) is 37.7 Å². The fourth-order valence-electron chi connectivity index (χ4n) is 9.90. The number of carboxylic acids is 1. The second-order valence-electron chi connectivity index (χ2n) is 22.6. The number of allylic oxidation sites excluding steroid dienone is 1. The van der Waals surface area contributed by atoms with Gasteiger partial charge in [0.15, 0.2) is 11.8 Å². The number of aliphatic carboxylic acids is 1. The predicted molar refractivity (Wildman–Crippen MR) is 282 cm³/mol. The molecule has 4 heterocycles. The van der Waals surface area contributed by atoms with Crippen LogP contribution in [-0.2, 0) is 34.4 Å². The zero-order valence-corrected chi connectivity index (χ0v) is 44.9. The number of carboxylic acid groups (broad SMARTS) is 1. The summed E-state index contributed by atoms with van der Waals surface area (Å²) in [6, 6.07) is 28.2. The molecule has 2 aliphatic rings. The van der Waals surface area contributed by atoms with Gasteiger partial charge in [0.2, 0.25) is 0 Å². The van der Waals surface area contributed by atoms with Gasteiger partial charge in [-0.05, 0) is 152 Å². The number of aryl methyl sites for hydroxylation is 1. The molecule has 1 unspecified atom stereocenters. The predicted octanol–water partition coefficient (Wildman–Crippen LogP) is 10.2. The molecule has 5 aromatic rings. The lowest BCUT2D eigenvalue weighted by Crippen LogP contribution is -2.67.